The number of anilines is 1. The zero-order valence-electron chi connectivity index (χ0n) is 16.7. The Balaban J connectivity index is 2.46. The van der Waals surface area contributed by atoms with Gasteiger partial charge in [-0.15, -0.1) is 0 Å². The minimum atomic E-state index is -4.99. The van der Waals surface area contributed by atoms with Crippen molar-refractivity contribution in [2.24, 2.45) is 0 Å². The average Bonchev–Trinajstić information content (AvgIpc) is 2.70. The summed E-state index contributed by atoms with van der Waals surface area (Å²) in [7, 11) is -9.52. The van der Waals surface area contributed by atoms with Gasteiger partial charge in [0.05, 0.1) is 16.1 Å². The Hall–Kier alpha value is -1.67. The molecule has 3 rings (SSSR count). The van der Waals surface area contributed by atoms with Crippen LogP contribution >= 0.6 is 30.8 Å². The molecule has 0 amide bonds. The van der Waals surface area contributed by atoms with Crippen LogP contribution in [0.3, 0.4) is 0 Å². The standard InChI is InChI=1S/C20H21Cl2N2O5PS/c1-3-20(4-2,30(25,26)27)24(18-9-5-7-14-8-6-10-23-19(14)18)31(28,29)17-12-15(21)11-16(22)13-17/h5-13H,3-4H2,1-2H3,(H2,25,26,27). The quantitative estimate of drug-likeness (QED) is 0.417. The Morgan fingerprint density at radius 2 is 1.61 bits per heavy atom. The Morgan fingerprint density at radius 3 is 2.16 bits per heavy atom. The molecule has 7 nitrogen and oxygen atoms in total. The molecule has 0 fully saturated rings. The maximum Gasteiger partial charge on any atom is 0.351 e. The molecule has 2 N–H and O–H groups in total. The molecule has 2 aromatic carbocycles. The van der Waals surface area contributed by atoms with Gasteiger partial charge in [0.15, 0.2) is 5.28 Å². The third-order valence-corrected chi connectivity index (χ3v) is 9.60. The lowest BCUT2D eigenvalue weighted by atomic mass is 10.1. The average molecular weight is 503 g/mol. The zero-order valence-corrected chi connectivity index (χ0v) is 20.0. The predicted molar refractivity (Wildman–Crippen MR) is 123 cm³/mol. The van der Waals surface area contributed by atoms with Crippen LogP contribution in [0, 0.1) is 0 Å². The lowest BCUT2D eigenvalue weighted by molar-refractivity contribution is 0.317. The van der Waals surface area contributed by atoms with E-state index in [1.165, 1.54) is 44.3 Å². The molecule has 0 bridgehead atoms. The van der Waals surface area contributed by atoms with Crippen LogP contribution in [0.15, 0.2) is 59.6 Å². The first-order chi connectivity index (χ1) is 14.5. The summed E-state index contributed by atoms with van der Waals surface area (Å²) in [5.74, 6) is 0. The van der Waals surface area contributed by atoms with Crippen molar-refractivity contribution >= 4 is 57.4 Å². The van der Waals surface area contributed by atoms with E-state index in [9.17, 15) is 22.8 Å². The van der Waals surface area contributed by atoms with Gasteiger partial charge in [-0.2, -0.15) is 0 Å². The molecule has 0 atom stereocenters. The van der Waals surface area contributed by atoms with Crippen molar-refractivity contribution in [1.82, 2.24) is 4.98 Å². The van der Waals surface area contributed by atoms with Crippen LogP contribution in [0.4, 0.5) is 5.69 Å². The van der Waals surface area contributed by atoms with Crippen LogP contribution in [0.2, 0.25) is 10.0 Å². The summed E-state index contributed by atoms with van der Waals surface area (Å²) in [5, 5.41) is -1.27. The van der Waals surface area contributed by atoms with E-state index in [2.05, 4.69) is 4.98 Å². The van der Waals surface area contributed by atoms with Gasteiger partial charge in [-0.1, -0.05) is 55.2 Å². The Labute approximate surface area is 190 Å². The molecule has 0 aliphatic heterocycles. The molecule has 1 aromatic heterocycles. The maximum atomic E-state index is 13.9. The van der Waals surface area contributed by atoms with E-state index in [-0.39, 0.29) is 33.5 Å². The van der Waals surface area contributed by atoms with Crippen molar-refractivity contribution in [1.29, 1.82) is 0 Å². The smallest absolute Gasteiger partial charge is 0.323 e. The van der Waals surface area contributed by atoms with Crippen molar-refractivity contribution in [3.05, 3.63) is 64.8 Å². The van der Waals surface area contributed by atoms with E-state index >= 15 is 0 Å². The molecule has 3 aromatic rings. The van der Waals surface area contributed by atoms with E-state index in [1.54, 1.807) is 24.3 Å². The molecule has 166 valence electrons. The molecular weight excluding hydrogens is 482 g/mol. The molecule has 1 heterocycles. The van der Waals surface area contributed by atoms with Gasteiger partial charge >= 0.3 is 7.60 Å². The molecule has 11 heteroatoms. The minimum absolute atomic E-state index is 0.0567. The highest BCUT2D eigenvalue weighted by atomic mass is 35.5. The number of benzene rings is 2. The summed E-state index contributed by atoms with van der Waals surface area (Å²) in [6.07, 6.45) is 1.19. The number of para-hydroxylation sites is 1. The van der Waals surface area contributed by atoms with Gasteiger partial charge in [-0.05, 0) is 43.2 Å². The number of nitrogens with zero attached hydrogens (tertiary/aromatic N) is 2. The predicted octanol–water partition coefficient (Wildman–Crippen LogP) is 5.43. The lowest BCUT2D eigenvalue weighted by Crippen LogP contribution is -2.51. The van der Waals surface area contributed by atoms with E-state index in [0.717, 1.165) is 4.31 Å². The highest BCUT2D eigenvalue weighted by Crippen LogP contribution is 2.59. The summed E-state index contributed by atoms with van der Waals surface area (Å²) < 4.78 is 41.5. The molecule has 0 unspecified atom stereocenters. The van der Waals surface area contributed by atoms with Crippen molar-refractivity contribution in [2.75, 3.05) is 4.31 Å². The number of halogens is 2. The van der Waals surface area contributed by atoms with Crippen LogP contribution in [0.25, 0.3) is 10.9 Å². The van der Waals surface area contributed by atoms with Crippen molar-refractivity contribution in [3.8, 4) is 0 Å². The molecule has 31 heavy (non-hydrogen) atoms. The highest BCUT2D eigenvalue weighted by Gasteiger charge is 2.54. The van der Waals surface area contributed by atoms with E-state index < -0.39 is 22.9 Å². The number of sulfonamides is 1. The largest absolute Gasteiger partial charge is 0.351 e. The minimum Gasteiger partial charge on any atom is -0.323 e. The molecular formula is C20H21Cl2N2O5PS. The summed E-state index contributed by atoms with van der Waals surface area (Å²) in [6.45, 7) is 3.07. The van der Waals surface area contributed by atoms with Crippen molar-refractivity contribution in [2.45, 2.75) is 36.9 Å². The second-order valence-electron chi connectivity index (χ2n) is 6.96. The lowest BCUT2D eigenvalue weighted by Gasteiger charge is -2.43. The van der Waals surface area contributed by atoms with Crippen LogP contribution < -0.4 is 4.31 Å². The van der Waals surface area contributed by atoms with Gasteiger partial charge in [0.25, 0.3) is 10.0 Å². The van der Waals surface area contributed by atoms with Crippen molar-refractivity contribution < 1.29 is 22.8 Å². The van der Waals surface area contributed by atoms with Gasteiger partial charge in [0.2, 0.25) is 0 Å². The van der Waals surface area contributed by atoms with Crippen LogP contribution in [0.5, 0.6) is 0 Å². The monoisotopic (exact) mass is 502 g/mol. The maximum absolute atomic E-state index is 13.9. The van der Waals surface area contributed by atoms with Gasteiger partial charge in [-0.3, -0.25) is 9.55 Å². The number of hydrogen-bond acceptors (Lipinski definition) is 4. The second-order valence-corrected chi connectivity index (χ2v) is 11.5. The normalized spacial score (nSPS) is 12.8. The first-order valence-electron chi connectivity index (χ1n) is 9.39. The first-order valence-corrected chi connectivity index (χ1v) is 13.2. The fourth-order valence-electron chi connectivity index (χ4n) is 3.68. The van der Waals surface area contributed by atoms with Crippen LogP contribution in [-0.4, -0.2) is 28.5 Å². The number of fused-ring (bicyclic) bond motifs is 1. The topological polar surface area (TPSA) is 108 Å². The van der Waals surface area contributed by atoms with Gasteiger partial charge in [0.1, 0.15) is 0 Å². The van der Waals surface area contributed by atoms with Gasteiger partial charge in [0, 0.05) is 21.6 Å². The van der Waals surface area contributed by atoms with Gasteiger partial charge < -0.3 is 9.79 Å². The molecule has 0 radical (unpaired) electrons. The summed E-state index contributed by atoms with van der Waals surface area (Å²) >= 11 is 12.1. The Kier molecular flexibility index (Phi) is 6.73. The van der Waals surface area contributed by atoms with E-state index in [4.69, 9.17) is 23.2 Å². The molecule has 0 saturated heterocycles. The third-order valence-electron chi connectivity index (χ3n) is 5.26. The summed E-state index contributed by atoms with van der Waals surface area (Å²) in [5.41, 5.74) is 0.350. The number of hydrogen-bond donors (Lipinski definition) is 2. The van der Waals surface area contributed by atoms with Crippen LogP contribution in [0.1, 0.15) is 26.7 Å². The number of pyridine rings is 1. The SMILES string of the molecule is CCC(CC)(N(c1cccc2cccnc12)S(=O)(=O)c1cc(Cl)cc(Cl)c1)P(=O)(O)O. The van der Waals surface area contributed by atoms with Crippen molar-refractivity contribution in [3.63, 3.8) is 0 Å². The molecule has 0 spiro atoms. The number of rotatable bonds is 7. The Morgan fingerprint density at radius 1 is 1.03 bits per heavy atom. The zero-order chi connectivity index (χ0) is 23.0. The van der Waals surface area contributed by atoms with E-state index in [1.807, 2.05) is 0 Å². The summed E-state index contributed by atoms with van der Waals surface area (Å²) in [4.78, 5) is 24.8. The van der Waals surface area contributed by atoms with Crippen LogP contribution in [-0.2, 0) is 14.6 Å². The highest BCUT2D eigenvalue weighted by molar-refractivity contribution is 7.93. The number of aromatic nitrogens is 1. The third kappa shape index (κ3) is 4.21. The van der Waals surface area contributed by atoms with E-state index in [0.29, 0.717) is 10.9 Å². The fraction of sp³-hybridized carbons (Fsp3) is 0.250. The fourth-order valence-corrected chi connectivity index (χ4v) is 8.02. The van der Waals surface area contributed by atoms with Gasteiger partial charge in [-0.25, -0.2) is 12.7 Å². The second kappa shape index (κ2) is 8.70. The molecule has 0 aliphatic carbocycles. The molecule has 0 aliphatic rings. The Bertz CT molecular complexity index is 1250. The molecule has 0 saturated carbocycles. The summed E-state index contributed by atoms with van der Waals surface area (Å²) in [6, 6.07) is 12.0. The first kappa shape index (κ1) is 24.0.